The van der Waals surface area contributed by atoms with Crippen LogP contribution in [0.15, 0.2) is 66.7 Å². The van der Waals surface area contributed by atoms with Crippen molar-refractivity contribution in [2.75, 3.05) is 0 Å². The molecule has 1 atom stereocenters. The number of para-hydroxylation sites is 1. The quantitative estimate of drug-likeness (QED) is 0.564. The lowest BCUT2D eigenvalue weighted by Crippen LogP contribution is -2.02. The Morgan fingerprint density at radius 3 is 2.42 bits per heavy atom. The number of hydrogen-bond donors (Lipinski definition) is 1. The molecule has 1 aliphatic carbocycles. The highest BCUT2D eigenvalue weighted by molar-refractivity contribution is 5.80. The number of nitrogens with zero attached hydrogens (tertiary/aromatic N) is 1. The van der Waals surface area contributed by atoms with E-state index >= 15 is 0 Å². The first-order valence-corrected chi connectivity index (χ1v) is 7.79. The first kappa shape index (κ1) is 14.5. The van der Waals surface area contributed by atoms with Crippen LogP contribution in [0, 0.1) is 10.1 Å². The van der Waals surface area contributed by atoms with Gasteiger partial charge in [-0.2, -0.15) is 0 Å². The van der Waals surface area contributed by atoms with Gasteiger partial charge in [0.25, 0.3) is 5.69 Å². The molecule has 3 aromatic carbocycles. The number of aromatic hydroxyl groups is 1. The number of hydrogen-bond acceptors (Lipinski definition) is 3. The molecule has 4 heteroatoms. The monoisotopic (exact) mass is 317 g/mol. The first-order chi connectivity index (χ1) is 11.6. The van der Waals surface area contributed by atoms with Gasteiger partial charge in [-0.1, -0.05) is 42.5 Å². The minimum atomic E-state index is -0.361. The van der Waals surface area contributed by atoms with Crippen LogP contribution in [0.2, 0.25) is 0 Å². The van der Waals surface area contributed by atoms with Crippen molar-refractivity contribution in [1.29, 1.82) is 0 Å². The van der Waals surface area contributed by atoms with E-state index < -0.39 is 0 Å². The Kier molecular flexibility index (Phi) is 3.31. The van der Waals surface area contributed by atoms with Crippen molar-refractivity contribution >= 4 is 5.69 Å². The van der Waals surface area contributed by atoms with Crippen LogP contribution >= 0.6 is 0 Å². The van der Waals surface area contributed by atoms with Crippen molar-refractivity contribution < 1.29 is 10.0 Å². The van der Waals surface area contributed by atoms with Crippen LogP contribution in [0.5, 0.6) is 5.75 Å². The molecule has 0 amide bonds. The largest absolute Gasteiger partial charge is 0.508 e. The number of non-ortho nitro benzene ring substituents is 1. The fourth-order valence-corrected chi connectivity index (χ4v) is 3.53. The van der Waals surface area contributed by atoms with Gasteiger partial charge in [0.1, 0.15) is 5.75 Å². The molecule has 0 aliphatic heterocycles. The lowest BCUT2D eigenvalue weighted by Gasteiger charge is -2.14. The highest BCUT2D eigenvalue weighted by atomic mass is 16.6. The summed E-state index contributed by atoms with van der Waals surface area (Å²) >= 11 is 0. The summed E-state index contributed by atoms with van der Waals surface area (Å²) in [5, 5.41) is 21.3. The molecule has 24 heavy (non-hydrogen) atoms. The Morgan fingerprint density at radius 1 is 0.917 bits per heavy atom. The zero-order chi connectivity index (χ0) is 16.7. The third-order valence-electron chi connectivity index (χ3n) is 4.66. The average Bonchev–Trinajstić information content (AvgIpc) is 2.90. The Labute approximate surface area is 139 Å². The van der Waals surface area contributed by atoms with Gasteiger partial charge < -0.3 is 5.11 Å². The Bertz CT molecular complexity index is 949. The predicted octanol–water partition coefficient (Wildman–Crippen LogP) is 4.66. The van der Waals surface area contributed by atoms with Crippen molar-refractivity contribution in [1.82, 2.24) is 0 Å². The SMILES string of the molecule is O=[N+]([O-])c1ccc2c(c1)C(Cc1ccccc1O)c1ccccc1-2. The molecular formula is C20H15NO3. The molecule has 0 aromatic heterocycles. The number of rotatable bonds is 3. The minimum Gasteiger partial charge on any atom is -0.508 e. The number of phenolic OH excluding ortho intramolecular Hbond substituents is 1. The molecule has 0 radical (unpaired) electrons. The summed E-state index contributed by atoms with van der Waals surface area (Å²) in [4.78, 5) is 10.8. The molecule has 0 heterocycles. The van der Waals surface area contributed by atoms with Gasteiger partial charge in [0.2, 0.25) is 0 Å². The fraction of sp³-hybridized carbons (Fsp3) is 0.100. The molecular weight excluding hydrogens is 302 g/mol. The van der Waals surface area contributed by atoms with Gasteiger partial charge >= 0.3 is 0 Å². The second kappa shape index (κ2) is 5.49. The third-order valence-corrected chi connectivity index (χ3v) is 4.66. The second-order valence-electron chi connectivity index (χ2n) is 6.00. The van der Waals surface area contributed by atoms with E-state index in [-0.39, 0.29) is 22.3 Å². The highest BCUT2D eigenvalue weighted by Gasteiger charge is 2.30. The van der Waals surface area contributed by atoms with E-state index in [0.717, 1.165) is 27.8 Å². The van der Waals surface area contributed by atoms with Crippen LogP contribution in [-0.4, -0.2) is 10.0 Å². The van der Waals surface area contributed by atoms with E-state index in [1.54, 1.807) is 24.3 Å². The van der Waals surface area contributed by atoms with Gasteiger partial charge in [-0.05, 0) is 46.4 Å². The smallest absolute Gasteiger partial charge is 0.269 e. The molecule has 0 spiro atoms. The van der Waals surface area contributed by atoms with Gasteiger partial charge in [0.15, 0.2) is 0 Å². The standard InChI is InChI=1S/C20H15NO3/c22-20-8-4-1-5-13(20)11-18-16-7-3-2-6-15(16)17-10-9-14(21(23)24)12-19(17)18/h1-10,12,18,22H,11H2. The number of nitro groups is 1. The molecule has 1 unspecified atom stereocenters. The van der Waals surface area contributed by atoms with Crippen molar-refractivity contribution in [3.05, 3.63) is 93.5 Å². The number of benzene rings is 3. The van der Waals surface area contributed by atoms with Gasteiger partial charge in [-0.25, -0.2) is 0 Å². The lowest BCUT2D eigenvalue weighted by atomic mass is 9.89. The van der Waals surface area contributed by atoms with E-state index in [1.807, 2.05) is 36.4 Å². The van der Waals surface area contributed by atoms with E-state index in [9.17, 15) is 15.2 Å². The Hall–Kier alpha value is -3.14. The van der Waals surface area contributed by atoms with Gasteiger partial charge in [-0.15, -0.1) is 0 Å². The molecule has 4 rings (SSSR count). The van der Waals surface area contributed by atoms with Crippen molar-refractivity contribution in [3.8, 4) is 16.9 Å². The van der Waals surface area contributed by atoms with Crippen LogP contribution in [0.25, 0.3) is 11.1 Å². The van der Waals surface area contributed by atoms with E-state index in [2.05, 4.69) is 6.07 Å². The maximum Gasteiger partial charge on any atom is 0.269 e. The summed E-state index contributed by atoms with van der Waals surface area (Å²) in [6.45, 7) is 0. The fourth-order valence-electron chi connectivity index (χ4n) is 3.53. The number of nitro benzene ring substituents is 1. The summed E-state index contributed by atoms with van der Waals surface area (Å²) in [5.41, 5.74) is 5.20. The van der Waals surface area contributed by atoms with Gasteiger partial charge in [0, 0.05) is 18.1 Å². The Morgan fingerprint density at radius 2 is 1.62 bits per heavy atom. The highest BCUT2D eigenvalue weighted by Crippen LogP contribution is 2.47. The molecule has 1 N–H and O–H groups in total. The Balaban J connectivity index is 1.86. The average molecular weight is 317 g/mol. The van der Waals surface area contributed by atoms with Crippen LogP contribution in [0.4, 0.5) is 5.69 Å². The van der Waals surface area contributed by atoms with E-state index in [4.69, 9.17) is 0 Å². The summed E-state index contributed by atoms with van der Waals surface area (Å²) in [5.74, 6) is 0.262. The van der Waals surface area contributed by atoms with Crippen molar-refractivity contribution in [2.45, 2.75) is 12.3 Å². The number of fused-ring (bicyclic) bond motifs is 3. The second-order valence-corrected chi connectivity index (χ2v) is 6.00. The topological polar surface area (TPSA) is 63.4 Å². The predicted molar refractivity (Wildman–Crippen MR) is 92.2 cm³/mol. The third kappa shape index (κ3) is 2.24. The molecule has 0 saturated carbocycles. The maximum absolute atomic E-state index is 11.2. The molecule has 118 valence electrons. The zero-order valence-electron chi connectivity index (χ0n) is 12.8. The molecule has 0 fully saturated rings. The van der Waals surface area contributed by atoms with Crippen molar-refractivity contribution in [3.63, 3.8) is 0 Å². The summed E-state index contributed by atoms with van der Waals surface area (Å²) in [7, 11) is 0. The zero-order valence-corrected chi connectivity index (χ0v) is 12.8. The first-order valence-electron chi connectivity index (χ1n) is 7.79. The van der Waals surface area contributed by atoms with Crippen LogP contribution < -0.4 is 0 Å². The summed E-state index contributed by atoms with van der Waals surface area (Å²) in [6.07, 6.45) is 0.609. The van der Waals surface area contributed by atoms with Crippen LogP contribution in [0.1, 0.15) is 22.6 Å². The van der Waals surface area contributed by atoms with E-state index in [0.29, 0.717) is 6.42 Å². The molecule has 0 saturated heterocycles. The normalized spacial score (nSPS) is 14.9. The molecule has 0 bridgehead atoms. The van der Waals surface area contributed by atoms with Crippen LogP contribution in [-0.2, 0) is 6.42 Å². The van der Waals surface area contributed by atoms with Gasteiger partial charge in [0.05, 0.1) is 4.92 Å². The minimum absolute atomic E-state index is 0.00407. The molecule has 4 nitrogen and oxygen atoms in total. The maximum atomic E-state index is 11.2. The van der Waals surface area contributed by atoms with Crippen LogP contribution in [0.3, 0.4) is 0 Å². The summed E-state index contributed by atoms with van der Waals surface area (Å²) in [6, 6.07) is 20.4. The lowest BCUT2D eigenvalue weighted by molar-refractivity contribution is -0.384. The van der Waals surface area contributed by atoms with Crippen molar-refractivity contribution in [2.24, 2.45) is 0 Å². The molecule has 1 aliphatic rings. The number of phenols is 1. The van der Waals surface area contributed by atoms with E-state index in [1.165, 1.54) is 0 Å². The summed E-state index contributed by atoms with van der Waals surface area (Å²) < 4.78 is 0. The molecule has 3 aromatic rings. The van der Waals surface area contributed by atoms with Gasteiger partial charge in [-0.3, -0.25) is 10.1 Å².